The van der Waals surface area contributed by atoms with Crippen molar-refractivity contribution in [3.63, 3.8) is 0 Å². The molecule has 1 aliphatic heterocycles. The Morgan fingerprint density at radius 1 is 1.05 bits per heavy atom. The van der Waals surface area contributed by atoms with Crippen molar-refractivity contribution < 1.29 is 33.4 Å². The molecule has 1 heterocycles. The highest BCUT2D eigenvalue weighted by Crippen LogP contribution is 2.24. The van der Waals surface area contributed by atoms with Gasteiger partial charge in [0, 0.05) is 5.69 Å². The lowest BCUT2D eigenvalue weighted by Gasteiger charge is -2.29. The van der Waals surface area contributed by atoms with E-state index >= 15 is 0 Å². The average molecular weight is 520 g/mol. The molecule has 0 unspecified atom stereocenters. The van der Waals surface area contributed by atoms with Crippen LogP contribution in [0.3, 0.4) is 0 Å². The number of carbonyl (C=O) groups is 4. The third-order valence-corrected chi connectivity index (χ3v) is 5.43. The Hall–Kier alpha value is -4.90. The SMILES string of the molecule is O=C(COc1ccc(C=C2C(=O)NC(=S)N(c3cccc(C(=O)O)c3)C2=O)cc1)Nc1ccc(F)cc1. The maximum absolute atomic E-state index is 13.1. The van der Waals surface area contributed by atoms with Crippen molar-refractivity contribution in [2.75, 3.05) is 16.8 Å². The molecule has 0 aromatic heterocycles. The zero-order chi connectivity index (χ0) is 26.5. The van der Waals surface area contributed by atoms with Crippen LogP contribution in [-0.2, 0) is 14.4 Å². The maximum Gasteiger partial charge on any atom is 0.335 e. The van der Waals surface area contributed by atoms with E-state index in [-0.39, 0.29) is 28.5 Å². The van der Waals surface area contributed by atoms with Crippen LogP contribution in [0.5, 0.6) is 5.75 Å². The van der Waals surface area contributed by atoms with Crippen molar-refractivity contribution in [2.24, 2.45) is 0 Å². The largest absolute Gasteiger partial charge is 0.484 e. The number of carboxylic acids is 1. The first-order valence-electron chi connectivity index (χ1n) is 10.7. The first-order chi connectivity index (χ1) is 17.7. The summed E-state index contributed by atoms with van der Waals surface area (Å²) in [5, 5.41) is 14.1. The highest BCUT2D eigenvalue weighted by molar-refractivity contribution is 7.80. The van der Waals surface area contributed by atoms with Gasteiger partial charge in [-0.2, -0.15) is 0 Å². The topological polar surface area (TPSA) is 125 Å². The lowest BCUT2D eigenvalue weighted by atomic mass is 10.1. The van der Waals surface area contributed by atoms with Crippen LogP contribution in [0.1, 0.15) is 15.9 Å². The van der Waals surface area contributed by atoms with Crippen molar-refractivity contribution in [3.05, 3.63) is 95.3 Å². The molecule has 3 aromatic carbocycles. The monoisotopic (exact) mass is 519 g/mol. The predicted molar refractivity (Wildman–Crippen MR) is 137 cm³/mol. The van der Waals surface area contributed by atoms with Crippen LogP contribution in [0, 0.1) is 5.82 Å². The second-order valence-corrected chi connectivity index (χ2v) is 8.11. The second kappa shape index (κ2) is 10.8. The van der Waals surface area contributed by atoms with Gasteiger partial charge in [0.1, 0.15) is 17.1 Å². The fourth-order valence-corrected chi connectivity index (χ4v) is 3.66. The molecule has 0 spiro atoms. The number of rotatable bonds is 7. The van der Waals surface area contributed by atoms with Gasteiger partial charge in [-0.15, -0.1) is 0 Å². The van der Waals surface area contributed by atoms with Gasteiger partial charge in [-0.25, -0.2) is 9.18 Å². The first-order valence-corrected chi connectivity index (χ1v) is 11.2. The van der Waals surface area contributed by atoms with Gasteiger partial charge in [-0.3, -0.25) is 24.6 Å². The summed E-state index contributed by atoms with van der Waals surface area (Å²) < 4.78 is 18.4. The van der Waals surface area contributed by atoms with E-state index in [1.54, 1.807) is 24.3 Å². The molecule has 11 heteroatoms. The summed E-state index contributed by atoms with van der Waals surface area (Å²) in [5.74, 6) is -3.08. The van der Waals surface area contributed by atoms with E-state index in [0.717, 1.165) is 4.90 Å². The van der Waals surface area contributed by atoms with E-state index in [4.69, 9.17) is 17.0 Å². The summed E-state index contributed by atoms with van der Waals surface area (Å²) in [5.41, 5.74) is 0.867. The van der Waals surface area contributed by atoms with Crippen LogP contribution in [-0.4, -0.2) is 40.5 Å². The number of amides is 3. The fourth-order valence-electron chi connectivity index (χ4n) is 3.38. The fraction of sp³-hybridized carbons (Fsp3) is 0.0385. The Kier molecular flexibility index (Phi) is 7.35. The van der Waals surface area contributed by atoms with Gasteiger partial charge in [0.2, 0.25) is 0 Å². The minimum absolute atomic E-state index is 0.0440. The zero-order valence-electron chi connectivity index (χ0n) is 18.9. The van der Waals surface area contributed by atoms with Crippen LogP contribution in [0.2, 0.25) is 0 Å². The standard InChI is InChI=1S/C26H18FN3O6S/c27-17-6-8-18(9-7-17)28-22(31)14-36-20-10-4-15(5-11-20)12-21-23(32)29-26(37)30(24(21)33)19-3-1-2-16(13-19)25(34)35/h1-13H,14H2,(H,28,31)(H,34,35)(H,29,32,37). The van der Waals surface area contributed by atoms with Crippen molar-refractivity contribution in [3.8, 4) is 5.75 Å². The Morgan fingerprint density at radius 3 is 2.43 bits per heavy atom. The third kappa shape index (κ3) is 6.03. The van der Waals surface area contributed by atoms with E-state index in [1.165, 1.54) is 54.6 Å². The normalized spacial score (nSPS) is 14.4. The van der Waals surface area contributed by atoms with Gasteiger partial charge >= 0.3 is 5.97 Å². The van der Waals surface area contributed by atoms with Crippen LogP contribution < -0.4 is 20.3 Å². The minimum atomic E-state index is -1.17. The molecular formula is C26H18FN3O6S. The minimum Gasteiger partial charge on any atom is -0.484 e. The molecule has 3 aromatic rings. The Bertz CT molecular complexity index is 1440. The molecule has 0 saturated carbocycles. The number of hydrogen-bond donors (Lipinski definition) is 3. The lowest BCUT2D eigenvalue weighted by Crippen LogP contribution is -2.54. The highest BCUT2D eigenvalue weighted by atomic mass is 32.1. The number of carboxylic acid groups (broad SMARTS) is 1. The molecule has 0 atom stereocenters. The number of hydrogen-bond acceptors (Lipinski definition) is 6. The van der Waals surface area contributed by atoms with Gasteiger partial charge < -0.3 is 15.2 Å². The van der Waals surface area contributed by atoms with Gasteiger partial charge in [0.05, 0.1) is 11.3 Å². The summed E-state index contributed by atoms with van der Waals surface area (Å²) in [6.07, 6.45) is 1.36. The summed E-state index contributed by atoms with van der Waals surface area (Å²) >= 11 is 5.14. The van der Waals surface area contributed by atoms with E-state index in [0.29, 0.717) is 17.0 Å². The molecule has 0 aliphatic carbocycles. The summed E-state index contributed by atoms with van der Waals surface area (Å²) in [6, 6.07) is 17.2. The molecule has 4 rings (SSSR count). The number of carbonyl (C=O) groups excluding carboxylic acids is 3. The summed E-state index contributed by atoms with van der Waals surface area (Å²) in [6.45, 7) is -0.291. The molecule has 0 bridgehead atoms. The van der Waals surface area contributed by atoms with Gasteiger partial charge in [-0.05, 0) is 78.5 Å². The Morgan fingerprint density at radius 2 is 1.76 bits per heavy atom. The molecule has 1 saturated heterocycles. The van der Waals surface area contributed by atoms with E-state index in [2.05, 4.69) is 10.6 Å². The lowest BCUT2D eigenvalue weighted by molar-refractivity contribution is -0.122. The van der Waals surface area contributed by atoms with Crippen LogP contribution >= 0.6 is 12.2 Å². The smallest absolute Gasteiger partial charge is 0.335 e. The number of halogens is 1. The molecule has 1 fully saturated rings. The van der Waals surface area contributed by atoms with Gasteiger partial charge in [0.25, 0.3) is 17.7 Å². The Balaban J connectivity index is 1.45. The molecule has 1 aliphatic rings. The predicted octanol–water partition coefficient (Wildman–Crippen LogP) is 3.37. The Labute approximate surface area is 215 Å². The number of nitrogens with zero attached hydrogens (tertiary/aromatic N) is 1. The van der Waals surface area contributed by atoms with E-state index < -0.39 is 29.5 Å². The summed E-state index contributed by atoms with van der Waals surface area (Å²) in [7, 11) is 0. The number of aromatic carboxylic acids is 1. The van der Waals surface area contributed by atoms with Crippen LogP contribution in [0.15, 0.2) is 78.4 Å². The second-order valence-electron chi connectivity index (χ2n) is 7.73. The van der Waals surface area contributed by atoms with E-state index in [9.17, 15) is 28.7 Å². The number of anilines is 2. The number of nitrogens with one attached hydrogen (secondary N) is 2. The first kappa shape index (κ1) is 25.2. The molecule has 9 nitrogen and oxygen atoms in total. The third-order valence-electron chi connectivity index (χ3n) is 5.14. The maximum atomic E-state index is 13.1. The molecule has 0 radical (unpaired) electrons. The molecular weight excluding hydrogens is 501 g/mol. The number of ether oxygens (including phenoxy) is 1. The highest BCUT2D eigenvalue weighted by Gasteiger charge is 2.34. The molecule has 186 valence electrons. The molecule has 3 N–H and O–H groups in total. The van der Waals surface area contributed by atoms with Crippen molar-refractivity contribution >= 4 is 58.5 Å². The number of thiocarbonyl (C=S) groups is 1. The average Bonchev–Trinajstić information content (AvgIpc) is 2.87. The van der Waals surface area contributed by atoms with E-state index in [1.807, 2.05) is 0 Å². The van der Waals surface area contributed by atoms with Gasteiger partial charge in [-0.1, -0.05) is 18.2 Å². The van der Waals surface area contributed by atoms with Crippen LogP contribution in [0.4, 0.5) is 15.8 Å². The summed E-state index contributed by atoms with van der Waals surface area (Å²) in [4.78, 5) is 50.0. The molecule has 37 heavy (non-hydrogen) atoms. The van der Waals surface area contributed by atoms with Crippen molar-refractivity contribution in [1.82, 2.24) is 5.32 Å². The van der Waals surface area contributed by atoms with Crippen LogP contribution in [0.25, 0.3) is 6.08 Å². The number of benzene rings is 3. The quantitative estimate of drug-likeness (QED) is 0.248. The van der Waals surface area contributed by atoms with Crippen molar-refractivity contribution in [1.29, 1.82) is 0 Å². The van der Waals surface area contributed by atoms with Crippen molar-refractivity contribution in [2.45, 2.75) is 0 Å². The molecule has 3 amide bonds. The van der Waals surface area contributed by atoms with Gasteiger partial charge in [0.15, 0.2) is 11.7 Å². The zero-order valence-corrected chi connectivity index (χ0v) is 19.8.